The van der Waals surface area contributed by atoms with Crippen molar-refractivity contribution in [3.8, 4) is 0 Å². The number of anilines is 3. The number of Topliss-reactive ketones (excluding diaryl/α,β-unsaturated/α-hetero) is 1. The van der Waals surface area contributed by atoms with Gasteiger partial charge in [0, 0.05) is 111 Å². The smallest absolute Gasteiger partial charge is 0.246 e. The molecule has 6 atom stereocenters. The highest BCUT2D eigenvalue weighted by molar-refractivity contribution is 8.00. The maximum atomic E-state index is 14.6. The van der Waals surface area contributed by atoms with E-state index in [0.717, 1.165) is 80.5 Å². The number of unbranched alkanes of at least 4 members (excludes halogenated alkanes) is 5. The third-order valence-electron chi connectivity index (χ3n) is 15.3. The summed E-state index contributed by atoms with van der Waals surface area (Å²) in [4.78, 5) is 98.8. The van der Waals surface area contributed by atoms with Crippen LogP contribution < -0.4 is 48.7 Å². The predicted octanol–water partition coefficient (Wildman–Crippen LogP) is 7.66. The van der Waals surface area contributed by atoms with Gasteiger partial charge >= 0.3 is 0 Å². The highest BCUT2D eigenvalue weighted by Crippen LogP contribution is 2.40. The third-order valence-corrected chi connectivity index (χ3v) is 17.0. The van der Waals surface area contributed by atoms with Gasteiger partial charge in [-0.15, -0.1) is 0 Å². The van der Waals surface area contributed by atoms with Crippen molar-refractivity contribution in [3.63, 3.8) is 0 Å². The lowest BCUT2D eigenvalue weighted by molar-refractivity contribution is -0.145. The van der Waals surface area contributed by atoms with Crippen LogP contribution in [0, 0.1) is 11.8 Å². The molecule has 440 valence electrons. The quantitative estimate of drug-likeness (QED) is 0.0120. The van der Waals surface area contributed by atoms with Crippen molar-refractivity contribution in [1.29, 1.82) is 0 Å². The molecule has 6 amide bonds. The Labute approximate surface area is 488 Å². The van der Waals surface area contributed by atoms with Crippen LogP contribution in [0.3, 0.4) is 0 Å². The Morgan fingerprint density at radius 2 is 1.36 bits per heavy atom. The van der Waals surface area contributed by atoms with Crippen molar-refractivity contribution >= 4 is 93.3 Å². The number of amides is 6. The van der Waals surface area contributed by atoms with Crippen LogP contribution in [-0.2, 0) is 46.4 Å². The monoisotopic (exact) mass is 1150 g/mol. The fraction of sp³-hybridized carbons (Fsp3) is 0.557. The zero-order valence-electron chi connectivity index (χ0n) is 47.3. The first kappa shape index (κ1) is 63.6. The van der Waals surface area contributed by atoms with Gasteiger partial charge in [0.2, 0.25) is 35.4 Å². The van der Waals surface area contributed by atoms with Crippen LogP contribution in [0.25, 0.3) is 0 Å². The Kier molecular flexibility index (Phi) is 27.2. The molecule has 3 aromatic carbocycles. The summed E-state index contributed by atoms with van der Waals surface area (Å²) >= 11 is 7.49. The molecular weight excluding hydrogens is 1060 g/mol. The van der Waals surface area contributed by atoms with E-state index in [-0.39, 0.29) is 73.0 Å². The standard InChI is InChI=1S/C61H87N11O7S2/c1-2-17-42-26-28-46(29-27-42)68-61(80)69-47-32-30-45(31-33-47)67-58(78)44(20-16-36-66-60(62)63)39-52(73)51-21-12-15-37-72(51)59(79)49(38-43-18-6-3-7-19-43)70-56(76)25-9-5-14-35-64-54(74)23-8-4-13-34-65-55(75)24-11-10-22-53-48-40-57(77)71-50(48)41-81-53/h3,6-7,18-19,26-33,44,48-51,53H,2,4-5,8-17,20-25,34-41H2,1H3,(H,64,74)(H,65,75)(H,67,78)(H,70,76)(H,71,77)(H4,62,63,66)(H2,68,69,80). The number of ketones is 1. The van der Waals surface area contributed by atoms with E-state index in [9.17, 15) is 33.6 Å². The number of guanidine groups is 1. The Hall–Kier alpha value is -6.54. The van der Waals surface area contributed by atoms with E-state index < -0.39 is 18.0 Å². The number of thiocarbonyl (C=S) groups is 1. The van der Waals surface area contributed by atoms with E-state index in [4.69, 9.17) is 23.7 Å². The molecule has 3 aliphatic rings. The summed E-state index contributed by atoms with van der Waals surface area (Å²) in [6, 6.07) is 23.4. The molecule has 11 N–H and O–H groups in total. The highest BCUT2D eigenvalue weighted by Gasteiger charge is 2.43. The molecule has 0 spiro atoms. The number of piperidine rings is 1. The number of aliphatic imine (C=N–C) groups is 1. The number of thioether (sulfide) groups is 1. The number of carbonyl (C=O) groups excluding carboxylic acids is 7. The predicted molar refractivity (Wildman–Crippen MR) is 328 cm³/mol. The number of benzene rings is 3. The van der Waals surface area contributed by atoms with Crippen LogP contribution in [0.15, 0.2) is 83.9 Å². The summed E-state index contributed by atoms with van der Waals surface area (Å²) in [5, 5.41) is 22.3. The van der Waals surface area contributed by atoms with Gasteiger partial charge in [-0.2, -0.15) is 11.8 Å². The first-order chi connectivity index (χ1) is 39.2. The third kappa shape index (κ3) is 22.7. The molecule has 0 bridgehead atoms. The summed E-state index contributed by atoms with van der Waals surface area (Å²) in [6.07, 6.45) is 13.8. The lowest BCUT2D eigenvalue weighted by atomic mass is 9.88. The van der Waals surface area contributed by atoms with Crippen LogP contribution in [0.2, 0.25) is 0 Å². The molecule has 6 rings (SSSR count). The van der Waals surface area contributed by atoms with Crippen molar-refractivity contribution < 1.29 is 33.6 Å². The fourth-order valence-electron chi connectivity index (χ4n) is 10.9. The van der Waals surface area contributed by atoms with Gasteiger partial charge in [0.1, 0.15) is 6.04 Å². The summed E-state index contributed by atoms with van der Waals surface area (Å²) in [5.74, 6) is -0.321. The number of fused-ring (bicyclic) bond motifs is 1. The fourth-order valence-corrected chi connectivity index (χ4v) is 12.8. The minimum absolute atomic E-state index is 0.0193. The molecule has 3 fully saturated rings. The average molecular weight is 1150 g/mol. The summed E-state index contributed by atoms with van der Waals surface area (Å²) < 4.78 is 0. The van der Waals surface area contributed by atoms with Crippen LogP contribution in [0.4, 0.5) is 17.1 Å². The van der Waals surface area contributed by atoms with Gasteiger partial charge in [-0.1, -0.05) is 75.1 Å². The summed E-state index contributed by atoms with van der Waals surface area (Å²) in [5.41, 5.74) is 15.4. The SMILES string of the molecule is CCCc1ccc(NC(=S)Nc2ccc(NC(=O)C(CCCN=C(N)N)CC(=O)C3CCCCN3C(=O)C(Cc3ccccc3)NC(=O)CCCCCNC(=O)CCCCCNC(=O)CCCCC3SCC4NC(=O)CC43)cc2)cc1. The molecule has 81 heavy (non-hydrogen) atoms. The topological polar surface area (TPSA) is 271 Å². The van der Waals surface area contributed by atoms with Gasteiger partial charge in [-0.25, -0.2) is 0 Å². The zero-order chi connectivity index (χ0) is 57.8. The lowest BCUT2D eigenvalue weighted by Crippen LogP contribution is -2.56. The van der Waals surface area contributed by atoms with Crippen molar-refractivity contribution in [2.75, 3.05) is 47.9 Å². The van der Waals surface area contributed by atoms with Crippen LogP contribution in [0.1, 0.15) is 146 Å². The van der Waals surface area contributed by atoms with Gasteiger partial charge < -0.3 is 53.6 Å². The summed E-state index contributed by atoms with van der Waals surface area (Å²) in [7, 11) is 0. The number of rotatable bonds is 34. The number of carbonyl (C=O) groups is 7. The van der Waals surface area contributed by atoms with E-state index >= 15 is 0 Å². The Balaban J connectivity index is 0.908. The van der Waals surface area contributed by atoms with Gasteiger partial charge in [0.05, 0.1) is 6.04 Å². The van der Waals surface area contributed by atoms with E-state index in [0.29, 0.717) is 112 Å². The average Bonchev–Trinajstić information content (AvgIpc) is 4.02. The van der Waals surface area contributed by atoms with E-state index in [1.807, 2.05) is 54.2 Å². The molecule has 3 aromatic rings. The Morgan fingerprint density at radius 3 is 2.00 bits per heavy atom. The van der Waals surface area contributed by atoms with Gasteiger partial charge in [0.25, 0.3) is 0 Å². The van der Waals surface area contributed by atoms with E-state index in [1.165, 1.54) is 5.56 Å². The Morgan fingerprint density at radius 1 is 0.741 bits per heavy atom. The molecule has 3 saturated heterocycles. The minimum Gasteiger partial charge on any atom is -0.370 e. The second kappa shape index (κ2) is 34.7. The van der Waals surface area contributed by atoms with Crippen molar-refractivity contribution in [1.82, 2.24) is 26.2 Å². The number of hydrogen-bond donors (Lipinski definition) is 9. The first-order valence-corrected chi connectivity index (χ1v) is 30.9. The summed E-state index contributed by atoms with van der Waals surface area (Å²) in [6.45, 7) is 3.87. The number of hydrogen-bond acceptors (Lipinski definition) is 10. The Bertz CT molecular complexity index is 2550. The zero-order valence-corrected chi connectivity index (χ0v) is 48.9. The van der Waals surface area contributed by atoms with Crippen LogP contribution >= 0.6 is 24.0 Å². The lowest BCUT2D eigenvalue weighted by Gasteiger charge is -2.37. The van der Waals surface area contributed by atoms with E-state index in [1.54, 1.807) is 29.2 Å². The minimum atomic E-state index is -0.911. The molecule has 3 heterocycles. The maximum absolute atomic E-state index is 14.6. The largest absolute Gasteiger partial charge is 0.370 e. The van der Waals surface area contributed by atoms with Crippen LogP contribution in [-0.4, -0.2) is 113 Å². The molecule has 0 aromatic heterocycles. The molecule has 0 saturated carbocycles. The first-order valence-electron chi connectivity index (χ1n) is 29.5. The number of likely N-dealkylation sites (tertiary alicyclic amines) is 1. The number of aryl methyl sites for hydroxylation is 1. The number of nitrogens with zero attached hydrogens (tertiary/aromatic N) is 2. The number of nitrogens with one attached hydrogen (secondary N) is 7. The molecule has 0 radical (unpaired) electrons. The normalized spacial score (nSPS) is 18.1. The molecule has 20 heteroatoms. The van der Waals surface area contributed by atoms with Crippen LogP contribution in [0.5, 0.6) is 0 Å². The van der Waals surface area contributed by atoms with Gasteiger partial charge in [0.15, 0.2) is 16.9 Å². The van der Waals surface area contributed by atoms with E-state index in [2.05, 4.69) is 61.3 Å². The van der Waals surface area contributed by atoms with Crippen molar-refractivity contribution in [2.45, 2.75) is 172 Å². The van der Waals surface area contributed by atoms with Gasteiger partial charge in [-0.3, -0.25) is 38.6 Å². The second-order valence-electron chi connectivity index (χ2n) is 21.7. The molecule has 6 unspecified atom stereocenters. The number of nitrogens with two attached hydrogens (primary N) is 2. The molecule has 3 aliphatic heterocycles. The molecule has 18 nitrogen and oxygen atoms in total. The van der Waals surface area contributed by atoms with Gasteiger partial charge in [-0.05, 0) is 137 Å². The highest BCUT2D eigenvalue weighted by atomic mass is 32.2. The van der Waals surface area contributed by atoms with Crippen molar-refractivity contribution in [2.24, 2.45) is 28.3 Å². The molecule has 0 aliphatic carbocycles. The van der Waals surface area contributed by atoms with Crippen molar-refractivity contribution in [3.05, 3.63) is 90.0 Å². The second-order valence-corrected chi connectivity index (χ2v) is 23.4. The molecular formula is C61H87N11O7S2. The maximum Gasteiger partial charge on any atom is 0.246 e.